The number of carboxylic acid groups (broad SMARTS) is 1. The minimum Gasteiger partial charge on any atom is -0.477 e. The van der Waals surface area contributed by atoms with E-state index in [0.29, 0.717) is 17.1 Å². The van der Waals surface area contributed by atoms with Crippen molar-refractivity contribution in [1.29, 1.82) is 0 Å². The van der Waals surface area contributed by atoms with E-state index >= 15 is 0 Å². The molecule has 1 aromatic carbocycles. The monoisotopic (exact) mass is 317 g/mol. The first-order valence-electron chi connectivity index (χ1n) is 7.09. The highest BCUT2D eigenvalue weighted by atomic mass is 32.2. The standard InChI is InChI=1S/C16H19N3O2S/c1-9(17)8-19-14-13-10-4-3-7-18-11(10)5-6-12(13)22(2)15(14)16(20)21/h3-7,9,19,22H,8,17H2,1-2H3,(H,20,21)/t9-/m1/s1. The molecule has 2 atom stereocenters. The Morgan fingerprint density at radius 2 is 2.23 bits per heavy atom. The average molecular weight is 317 g/mol. The largest absolute Gasteiger partial charge is 0.477 e. The minimum absolute atomic E-state index is 0.0530. The van der Waals surface area contributed by atoms with Gasteiger partial charge in [0.15, 0.2) is 0 Å². The first-order valence-corrected chi connectivity index (χ1v) is 8.88. The maximum Gasteiger partial charge on any atom is 0.342 e. The first kappa shape index (κ1) is 14.9. The van der Waals surface area contributed by atoms with Crippen LogP contribution in [0.1, 0.15) is 12.5 Å². The second-order valence-electron chi connectivity index (χ2n) is 5.48. The number of carbonyl (C=O) groups is 1. The zero-order valence-corrected chi connectivity index (χ0v) is 13.4. The van der Waals surface area contributed by atoms with E-state index in [2.05, 4.69) is 10.3 Å². The maximum absolute atomic E-state index is 11.7. The summed E-state index contributed by atoms with van der Waals surface area (Å²) in [5.41, 5.74) is 8.36. The van der Waals surface area contributed by atoms with Crippen LogP contribution in [-0.2, 0) is 4.79 Å². The van der Waals surface area contributed by atoms with Crippen molar-refractivity contribution >= 4 is 33.5 Å². The van der Waals surface area contributed by atoms with Crippen LogP contribution in [0.3, 0.4) is 0 Å². The fourth-order valence-corrected chi connectivity index (χ4v) is 4.70. The molecular formula is C16H19N3O2S. The number of nitrogens with two attached hydrogens (primary N) is 1. The number of nitrogens with one attached hydrogen (secondary N) is 1. The van der Waals surface area contributed by atoms with Gasteiger partial charge in [-0.25, -0.2) is 4.79 Å². The van der Waals surface area contributed by atoms with Crippen molar-refractivity contribution in [1.82, 2.24) is 10.3 Å². The molecular weight excluding hydrogens is 298 g/mol. The van der Waals surface area contributed by atoms with Crippen LogP contribution in [0.5, 0.6) is 0 Å². The van der Waals surface area contributed by atoms with E-state index in [0.717, 1.165) is 21.4 Å². The summed E-state index contributed by atoms with van der Waals surface area (Å²) >= 11 is 0. The van der Waals surface area contributed by atoms with Gasteiger partial charge in [0.1, 0.15) is 4.91 Å². The van der Waals surface area contributed by atoms with Gasteiger partial charge in [0, 0.05) is 34.6 Å². The zero-order valence-electron chi connectivity index (χ0n) is 12.5. The van der Waals surface area contributed by atoms with Crippen LogP contribution >= 0.6 is 10.9 Å². The van der Waals surface area contributed by atoms with E-state index in [4.69, 9.17) is 5.73 Å². The third-order valence-corrected chi connectivity index (χ3v) is 5.93. The predicted octanol–water partition coefficient (Wildman–Crippen LogP) is 1.93. The van der Waals surface area contributed by atoms with E-state index in [-0.39, 0.29) is 6.04 Å². The van der Waals surface area contributed by atoms with Crippen LogP contribution in [0.2, 0.25) is 0 Å². The molecule has 0 saturated carbocycles. The molecule has 0 fully saturated rings. The molecule has 0 saturated heterocycles. The number of hydrogen-bond donors (Lipinski definition) is 4. The molecule has 0 aliphatic carbocycles. The SMILES string of the molecule is C[C@@H](N)CNC1=C(C(=O)O)[SH](C)c2ccc3ncccc3c21. The Bertz CT molecular complexity index is 786. The van der Waals surface area contributed by atoms with Gasteiger partial charge in [-0.05, 0) is 31.4 Å². The fraction of sp³-hybridized carbons (Fsp3) is 0.250. The van der Waals surface area contributed by atoms with Gasteiger partial charge in [-0.15, -0.1) is 0 Å². The molecule has 0 amide bonds. The topological polar surface area (TPSA) is 88.2 Å². The van der Waals surface area contributed by atoms with Crippen molar-refractivity contribution in [2.45, 2.75) is 17.9 Å². The molecule has 6 heteroatoms. The summed E-state index contributed by atoms with van der Waals surface area (Å²) < 4.78 is 0. The molecule has 1 aliphatic rings. The normalized spacial score (nSPS) is 20.0. The van der Waals surface area contributed by atoms with Crippen LogP contribution in [-0.4, -0.2) is 34.9 Å². The van der Waals surface area contributed by atoms with Crippen molar-refractivity contribution in [3.05, 3.63) is 40.9 Å². The molecule has 1 aromatic heterocycles. The predicted molar refractivity (Wildman–Crippen MR) is 91.1 cm³/mol. The maximum atomic E-state index is 11.7. The Balaban J connectivity index is 2.24. The quantitative estimate of drug-likeness (QED) is 0.647. The van der Waals surface area contributed by atoms with Crippen molar-refractivity contribution in [3.63, 3.8) is 0 Å². The van der Waals surface area contributed by atoms with E-state index in [1.165, 1.54) is 0 Å². The van der Waals surface area contributed by atoms with Gasteiger partial charge in [-0.3, -0.25) is 4.98 Å². The van der Waals surface area contributed by atoms with Gasteiger partial charge in [0.2, 0.25) is 0 Å². The first-order chi connectivity index (χ1) is 10.5. The number of nitrogens with zero attached hydrogens (tertiary/aromatic N) is 1. The summed E-state index contributed by atoms with van der Waals surface area (Å²) in [6, 6.07) is 7.77. The van der Waals surface area contributed by atoms with Crippen LogP contribution in [0.4, 0.5) is 0 Å². The van der Waals surface area contributed by atoms with E-state index in [9.17, 15) is 9.90 Å². The highest BCUT2D eigenvalue weighted by molar-refractivity contribution is 8.21. The highest BCUT2D eigenvalue weighted by Crippen LogP contribution is 2.54. The number of benzene rings is 1. The molecule has 1 unspecified atom stereocenters. The Hall–Kier alpha value is -2.05. The lowest BCUT2D eigenvalue weighted by Crippen LogP contribution is -2.30. The lowest BCUT2D eigenvalue weighted by Gasteiger charge is -2.13. The number of aliphatic carboxylic acids is 1. The van der Waals surface area contributed by atoms with Crippen molar-refractivity contribution in [3.8, 4) is 0 Å². The molecule has 2 aromatic rings. The highest BCUT2D eigenvalue weighted by Gasteiger charge is 2.32. The number of fused-ring (bicyclic) bond motifs is 3. The van der Waals surface area contributed by atoms with Gasteiger partial charge in [-0.2, -0.15) is 10.9 Å². The van der Waals surface area contributed by atoms with Crippen molar-refractivity contribution in [2.24, 2.45) is 5.73 Å². The van der Waals surface area contributed by atoms with Gasteiger partial charge in [0.25, 0.3) is 0 Å². The van der Waals surface area contributed by atoms with Crippen LogP contribution in [0, 0.1) is 0 Å². The van der Waals surface area contributed by atoms with Gasteiger partial charge in [0.05, 0.1) is 11.2 Å². The summed E-state index contributed by atoms with van der Waals surface area (Å²) in [4.78, 5) is 17.7. The van der Waals surface area contributed by atoms with Gasteiger partial charge >= 0.3 is 5.97 Å². The van der Waals surface area contributed by atoms with Crippen LogP contribution < -0.4 is 11.1 Å². The lowest BCUT2D eigenvalue weighted by molar-refractivity contribution is -0.131. The molecule has 0 bridgehead atoms. The van der Waals surface area contributed by atoms with Gasteiger partial charge < -0.3 is 16.2 Å². The molecule has 3 rings (SSSR count). The van der Waals surface area contributed by atoms with Crippen LogP contribution in [0.25, 0.3) is 16.6 Å². The number of rotatable bonds is 4. The summed E-state index contributed by atoms with van der Waals surface area (Å²) in [6.07, 6.45) is 3.73. The number of thiol groups is 1. The van der Waals surface area contributed by atoms with Gasteiger partial charge in [-0.1, -0.05) is 6.07 Å². The third-order valence-electron chi connectivity index (χ3n) is 3.75. The average Bonchev–Trinajstić information content (AvgIpc) is 2.78. The van der Waals surface area contributed by atoms with E-state index in [1.54, 1.807) is 6.20 Å². The number of carboxylic acids is 1. The van der Waals surface area contributed by atoms with Crippen molar-refractivity contribution in [2.75, 3.05) is 12.8 Å². The van der Waals surface area contributed by atoms with Crippen molar-refractivity contribution < 1.29 is 9.90 Å². The van der Waals surface area contributed by atoms with E-state index < -0.39 is 16.9 Å². The summed E-state index contributed by atoms with van der Waals surface area (Å²) in [7, 11) is -0.878. The third kappa shape index (κ3) is 2.34. The number of pyridine rings is 1. The molecule has 116 valence electrons. The molecule has 2 heterocycles. The Morgan fingerprint density at radius 3 is 2.91 bits per heavy atom. The zero-order chi connectivity index (χ0) is 15.9. The lowest BCUT2D eigenvalue weighted by atomic mass is 10.0. The number of hydrogen-bond acceptors (Lipinski definition) is 4. The summed E-state index contributed by atoms with van der Waals surface area (Å²) in [5, 5.41) is 13.9. The van der Waals surface area contributed by atoms with Crippen LogP contribution in [0.15, 0.2) is 40.3 Å². The molecule has 0 radical (unpaired) electrons. The van der Waals surface area contributed by atoms with E-state index in [1.807, 2.05) is 37.4 Å². The molecule has 22 heavy (non-hydrogen) atoms. The minimum atomic E-state index is -0.878. The summed E-state index contributed by atoms with van der Waals surface area (Å²) in [6.45, 7) is 2.43. The second kappa shape index (κ2) is 5.62. The smallest absolute Gasteiger partial charge is 0.342 e. The molecule has 1 aliphatic heterocycles. The fourth-order valence-electron chi connectivity index (χ4n) is 2.78. The Labute approximate surface area is 131 Å². The molecule has 5 nitrogen and oxygen atoms in total. The Kier molecular flexibility index (Phi) is 3.80. The Morgan fingerprint density at radius 1 is 1.45 bits per heavy atom. The molecule has 0 spiro atoms. The summed E-state index contributed by atoms with van der Waals surface area (Å²) in [5.74, 6) is -0.867. The second-order valence-corrected chi connectivity index (χ2v) is 7.52. The number of aromatic nitrogens is 1. The molecule has 4 N–H and O–H groups in total.